The van der Waals surface area contributed by atoms with Gasteiger partial charge in [-0.2, -0.15) is 5.10 Å². The van der Waals surface area contributed by atoms with Crippen LogP contribution in [0.1, 0.15) is 32.3 Å². The third-order valence-electron chi connectivity index (χ3n) is 3.74. The lowest BCUT2D eigenvalue weighted by atomic mass is 10.2. The highest BCUT2D eigenvalue weighted by atomic mass is 79.9. The number of amides is 2. The Morgan fingerprint density at radius 1 is 1.20 bits per heavy atom. The van der Waals surface area contributed by atoms with Crippen LogP contribution in [0.15, 0.2) is 46.0 Å². The van der Waals surface area contributed by atoms with Gasteiger partial charge in [-0.3, -0.25) is 9.59 Å². The van der Waals surface area contributed by atoms with Gasteiger partial charge in [0.2, 0.25) is 11.8 Å². The Kier molecular flexibility index (Phi) is 9.14. The molecule has 0 radical (unpaired) electrons. The van der Waals surface area contributed by atoms with Gasteiger partial charge in [0.1, 0.15) is 0 Å². The maximum Gasteiger partial charge on any atom is 0.240 e. The number of halogens is 2. The molecule has 7 nitrogen and oxygen atoms in total. The summed E-state index contributed by atoms with van der Waals surface area (Å²) in [4.78, 5) is 23.9. The van der Waals surface area contributed by atoms with E-state index in [1.54, 1.807) is 43.5 Å². The van der Waals surface area contributed by atoms with Crippen molar-refractivity contribution < 1.29 is 19.1 Å². The number of methoxy groups -OCH3 is 1. The summed E-state index contributed by atoms with van der Waals surface area (Å²) < 4.78 is 11.8. The number of para-hydroxylation sites is 1. The molecule has 2 amide bonds. The first-order valence-corrected chi connectivity index (χ1v) is 10.4. The summed E-state index contributed by atoms with van der Waals surface area (Å²) in [5.74, 6) is 0.448. The molecule has 0 saturated carbocycles. The predicted octanol–water partition coefficient (Wildman–Crippen LogP) is 4.77. The molecular formula is C21H23BrClN3O4. The van der Waals surface area contributed by atoms with Gasteiger partial charge in [-0.05, 0) is 59.6 Å². The van der Waals surface area contributed by atoms with Crippen molar-refractivity contribution in [2.75, 3.05) is 12.4 Å². The van der Waals surface area contributed by atoms with Crippen LogP contribution in [0, 0.1) is 0 Å². The van der Waals surface area contributed by atoms with Gasteiger partial charge in [-0.1, -0.05) is 23.7 Å². The molecule has 0 fully saturated rings. The van der Waals surface area contributed by atoms with E-state index in [-0.39, 0.29) is 30.8 Å². The molecule has 0 aliphatic carbocycles. The van der Waals surface area contributed by atoms with Gasteiger partial charge < -0.3 is 14.8 Å². The standard InChI is InChI=1S/C21H23BrClN3O4/c1-13(2)30-21-15(22)10-14(11-18(21)29-3)12-24-26-20(28)9-8-19(27)25-17-7-5-4-6-16(17)23/h4-7,10-13H,8-9H2,1-3H3,(H,25,27)(H,26,28). The largest absolute Gasteiger partial charge is 0.493 e. The van der Waals surface area contributed by atoms with Gasteiger partial charge in [0.25, 0.3) is 0 Å². The van der Waals surface area contributed by atoms with Gasteiger partial charge in [0.05, 0.1) is 34.6 Å². The van der Waals surface area contributed by atoms with Crippen molar-refractivity contribution in [1.29, 1.82) is 0 Å². The number of benzene rings is 2. The fraction of sp³-hybridized carbons (Fsp3) is 0.286. The summed E-state index contributed by atoms with van der Waals surface area (Å²) in [6.07, 6.45) is 1.47. The van der Waals surface area contributed by atoms with E-state index >= 15 is 0 Å². The van der Waals surface area contributed by atoms with Gasteiger partial charge in [0.15, 0.2) is 11.5 Å². The zero-order chi connectivity index (χ0) is 22.1. The zero-order valence-electron chi connectivity index (χ0n) is 16.9. The van der Waals surface area contributed by atoms with Crippen molar-refractivity contribution in [3.05, 3.63) is 51.5 Å². The van der Waals surface area contributed by atoms with E-state index in [2.05, 4.69) is 31.8 Å². The van der Waals surface area contributed by atoms with Crippen LogP contribution in [0.25, 0.3) is 0 Å². The summed E-state index contributed by atoms with van der Waals surface area (Å²) in [5.41, 5.74) is 3.61. The Morgan fingerprint density at radius 3 is 2.57 bits per heavy atom. The number of nitrogens with zero attached hydrogens (tertiary/aromatic N) is 1. The van der Waals surface area contributed by atoms with Crippen molar-refractivity contribution in [1.82, 2.24) is 5.43 Å². The van der Waals surface area contributed by atoms with E-state index in [0.29, 0.717) is 32.2 Å². The molecule has 0 aliphatic heterocycles. The molecule has 0 bridgehead atoms. The maximum atomic E-state index is 12.0. The minimum atomic E-state index is -0.383. The second-order valence-corrected chi connectivity index (χ2v) is 7.78. The van der Waals surface area contributed by atoms with Crippen LogP contribution in [0.4, 0.5) is 5.69 Å². The Labute approximate surface area is 188 Å². The lowest BCUT2D eigenvalue weighted by molar-refractivity contribution is -0.124. The van der Waals surface area contributed by atoms with Crippen LogP contribution in [0.5, 0.6) is 11.5 Å². The fourth-order valence-corrected chi connectivity index (χ4v) is 3.14. The first-order chi connectivity index (χ1) is 14.3. The van der Waals surface area contributed by atoms with E-state index in [1.165, 1.54) is 6.21 Å². The normalized spacial score (nSPS) is 10.9. The first kappa shape index (κ1) is 23.7. The van der Waals surface area contributed by atoms with Crippen molar-refractivity contribution in [3.63, 3.8) is 0 Å². The fourth-order valence-electron chi connectivity index (χ4n) is 2.40. The topological polar surface area (TPSA) is 89.0 Å². The first-order valence-electron chi connectivity index (χ1n) is 9.20. The lowest BCUT2D eigenvalue weighted by Gasteiger charge is -2.15. The number of ether oxygens (including phenoxy) is 2. The molecule has 0 unspecified atom stereocenters. The maximum absolute atomic E-state index is 12.0. The SMILES string of the molecule is COc1cc(C=NNC(=O)CCC(=O)Nc2ccccc2Cl)cc(Br)c1OC(C)C. The van der Waals surface area contributed by atoms with Crippen LogP contribution in [0.3, 0.4) is 0 Å². The monoisotopic (exact) mass is 495 g/mol. The number of rotatable bonds is 9. The third-order valence-corrected chi connectivity index (χ3v) is 4.65. The van der Waals surface area contributed by atoms with Crippen molar-refractivity contribution in [2.24, 2.45) is 5.10 Å². The molecule has 0 aromatic heterocycles. The lowest BCUT2D eigenvalue weighted by Crippen LogP contribution is -2.20. The van der Waals surface area contributed by atoms with Gasteiger partial charge >= 0.3 is 0 Å². The molecule has 30 heavy (non-hydrogen) atoms. The van der Waals surface area contributed by atoms with Crippen molar-refractivity contribution >= 4 is 51.2 Å². The average molecular weight is 497 g/mol. The number of hydrogen-bond acceptors (Lipinski definition) is 5. The zero-order valence-corrected chi connectivity index (χ0v) is 19.2. The number of carbonyl (C=O) groups excluding carboxylic acids is 2. The highest BCUT2D eigenvalue weighted by Crippen LogP contribution is 2.36. The average Bonchev–Trinajstić information content (AvgIpc) is 2.69. The van der Waals surface area contributed by atoms with Gasteiger partial charge in [-0.25, -0.2) is 5.43 Å². The molecule has 9 heteroatoms. The van der Waals surface area contributed by atoms with E-state index in [0.717, 1.165) is 0 Å². The van der Waals surface area contributed by atoms with Crippen LogP contribution in [0.2, 0.25) is 5.02 Å². The second kappa shape index (κ2) is 11.6. The van der Waals surface area contributed by atoms with Gasteiger partial charge in [0, 0.05) is 12.8 Å². The molecule has 2 aromatic carbocycles. The minimum absolute atomic E-state index is 0.00713. The molecule has 0 atom stereocenters. The highest BCUT2D eigenvalue weighted by Gasteiger charge is 2.13. The molecule has 2 rings (SSSR count). The highest BCUT2D eigenvalue weighted by molar-refractivity contribution is 9.10. The predicted molar refractivity (Wildman–Crippen MR) is 122 cm³/mol. The third kappa shape index (κ3) is 7.35. The van der Waals surface area contributed by atoms with Gasteiger partial charge in [-0.15, -0.1) is 0 Å². The van der Waals surface area contributed by atoms with Crippen molar-refractivity contribution in [3.8, 4) is 11.5 Å². The number of nitrogens with one attached hydrogen (secondary N) is 2. The second-order valence-electron chi connectivity index (χ2n) is 6.52. The Bertz CT molecular complexity index is 934. The molecule has 0 aliphatic rings. The molecule has 2 N–H and O–H groups in total. The molecular weight excluding hydrogens is 474 g/mol. The Hall–Kier alpha value is -2.58. The van der Waals surface area contributed by atoms with E-state index < -0.39 is 0 Å². The molecule has 0 spiro atoms. The smallest absolute Gasteiger partial charge is 0.240 e. The molecule has 160 valence electrons. The number of hydrazone groups is 1. The Balaban J connectivity index is 1.87. The van der Waals surface area contributed by atoms with Crippen LogP contribution < -0.4 is 20.2 Å². The summed E-state index contributed by atoms with van der Waals surface area (Å²) in [5, 5.41) is 7.03. The molecule has 0 heterocycles. The summed E-state index contributed by atoms with van der Waals surface area (Å²) in [7, 11) is 1.55. The quantitative estimate of drug-likeness (QED) is 0.387. The van der Waals surface area contributed by atoms with Crippen molar-refractivity contribution in [2.45, 2.75) is 32.8 Å². The van der Waals surface area contributed by atoms with E-state index in [4.69, 9.17) is 21.1 Å². The van der Waals surface area contributed by atoms with Crippen LogP contribution in [-0.4, -0.2) is 31.2 Å². The van der Waals surface area contributed by atoms with E-state index in [1.807, 2.05) is 13.8 Å². The molecule has 0 saturated heterocycles. The van der Waals surface area contributed by atoms with Crippen LogP contribution >= 0.6 is 27.5 Å². The molecule has 2 aromatic rings. The summed E-state index contributed by atoms with van der Waals surface area (Å²) >= 11 is 9.44. The number of hydrogen-bond donors (Lipinski definition) is 2. The number of anilines is 1. The van der Waals surface area contributed by atoms with Crippen LogP contribution in [-0.2, 0) is 9.59 Å². The Morgan fingerprint density at radius 2 is 1.90 bits per heavy atom. The van der Waals surface area contributed by atoms with E-state index in [9.17, 15) is 9.59 Å². The number of carbonyl (C=O) groups is 2. The summed E-state index contributed by atoms with van der Waals surface area (Å²) in [6.45, 7) is 3.84. The minimum Gasteiger partial charge on any atom is -0.493 e. The summed E-state index contributed by atoms with van der Waals surface area (Å²) in [6, 6.07) is 10.4.